The number of hydrogen-bond donors (Lipinski definition) is 1. The molecule has 0 fully saturated rings. The summed E-state index contributed by atoms with van der Waals surface area (Å²) in [4.78, 5) is 0. The summed E-state index contributed by atoms with van der Waals surface area (Å²) < 4.78 is 74.6. The van der Waals surface area contributed by atoms with E-state index in [9.17, 15) is 26.3 Å². The van der Waals surface area contributed by atoms with E-state index in [1.54, 1.807) is 0 Å². The van der Waals surface area contributed by atoms with Crippen LogP contribution in [0.3, 0.4) is 0 Å². The van der Waals surface area contributed by atoms with E-state index in [1.807, 2.05) is 0 Å². The van der Waals surface area contributed by atoms with Gasteiger partial charge in [0.2, 0.25) is 5.54 Å². The van der Waals surface area contributed by atoms with Crippen LogP contribution in [0.15, 0.2) is 30.3 Å². The van der Waals surface area contributed by atoms with E-state index >= 15 is 0 Å². The molecule has 0 aliphatic carbocycles. The largest absolute Gasteiger partial charge is 0.419 e. The van der Waals surface area contributed by atoms with Gasteiger partial charge in [0.25, 0.3) is 0 Å². The number of benzene rings is 1. The highest BCUT2D eigenvalue weighted by Gasteiger charge is 2.69. The van der Waals surface area contributed by atoms with Gasteiger partial charge in [0, 0.05) is 0 Å². The monoisotopic (exact) mass is 243 g/mol. The van der Waals surface area contributed by atoms with Gasteiger partial charge in [0.05, 0.1) is 0 Å². The SMILES string of the molecule is NC(c1ccccc1)(C(F)(F)F)C(F)(F)F. The van der Waals surface area contributed by atoms with Crippen LogP contribution in [-0.4, -0.2) is 12.4 Å². The molecule has 0 radical (unpaired) electrons. The van der Waals surface area contributed by atoms with Crippen LogP contribution in [0.5, 0.6) is 0 Å². The predicted octanol–water partition coefficient (Wildman–Crippen LogP) is 2.97. The fourth-order valence-corrected chi connectivity index (χ4v) is 1.19. The molecule has 1 aromatic rings. The maximum atomic E-state index is 12.4. The van der Waals surface area contributed by atoms with Crippen molar-refractivity contribution in [1.29, 1.82) is 0 Å². The van der Waals surface area contributed by atoms with Crippen molar-refractivity contribution in [2.24, 2.45) is 5.73 Å². The van der Waals surface area contributed by atoms with Crippen LogP contribution in [0, 0.1) is 0 Å². The summed E-state index contributed by atoms with van der Waals surface area (Å²) in [5.74, 6) is 0. The van der Waals surface area contributed by atoms with Crippen molar-refractivity contribution in [3.05, 3.63) is 35.9 Å². The molecule has 7 heteroatoms. The lowest BCUT2D eigenvalue weighted by molar-refractivity contribution is -0.301. The van der Waals surface area contributed by atoms with Crippen molar-refractivity contribution in [2.45, 2.75) is 17.9 Å². The van der Waals surface area contributed by atoms with Crippen LogP contribution in [0.4, 0.5) is 26.3 Å². The zero-order valence-corrected chi connectivity index (χ0v) is 7.73. The molecule has 1 aromatic carbocycles. The minimum atomic E-state index is -5.60. The second-order valence-corrected chi connectivity index (χ2v) is 3.17. The average molecular weight is 243 g/mol. The van der Waals surface area contributed by atoms with Gasteiger partial charge in [-0.05, 0) is 5.56 Å². The molecule has 0 aliphatic rings. The Morgan fingerprint density at radius 3 is 1.44 bits per heavy atom. The molecule has 90 valence electrons. The molecule has 16 heavy (non-hydrogen) atoms. The first-order valence-electron chi connectivity index (χ1n) is 4.08. The van der Waals surface area contributed by atoms with Crippen molar-refractivity contribution in [3.63, 3.8) is 0 Å². The number of hydrogen-bond acceptors (Lipinski definition) is 1. The Bertz CT molecular complexity index is 339. The fraction of sp³-hybridized carbons (Fsp3) is 0.333. The third kappa shape index (κ3) is 1.87. The number of nitrogens with two attached hydrogens (primary N) is 1. The van der Waals surface area contributed by atoms with Crippen LogP contribution in [-0.2, 0) is 5.54 Å². The van der Waals surface area contributed by atoms with Crippen molar-refractivity contribution in [2.75, 3.05) is 0 Å². The summed E-state index contributed by atoms with van der Waals surface area (Å²) >= 11 is 0. The summed E-state index contributed by atoms with van der Waals surface area (Å²) in [5, 5.41) is 0. The van der Waals surface area contributed by atoms with E-state index < -0.39 is 23.5 Å². The quantitative estimate of drug-likeness (QED) is 0.754. The first-order valence-corrected chi connectivity index (χ1v) is 4.08. The minimum Gasteiger partial charge on any atom is -0.306 e. The van der Waals surface area contributed by atoms with E-state index in [2.05, 4.69) is 5.73 Å². The summed E-state index contributed by atoms with van der Waals surface area (Å²) in [6.07, 6.45) is -11.2. The third-order valence-electron chi connectivity index (χ3n) is 2.12. The zero-order chi connectivity index (χ0) is 12.6. The molecule has 0 spiro atoms. The molecule has 0 bridgehead atoms. The molecule has 0 atom stereocenters. The average Bonchev–Trinajstić information content (AvgIpc) is 2.14. The van der Waals surface area contributed by atoms with Crippen molar-refractivity contribution in [3.8, 4) is 0 Å². The van der Waals surface area contributed by atoms with Gasteiger partial charge in [-0.1, -0.05) is 30.3 Å². The lowest BCUT2D eigenvalue weighted by atomic mass is 9.89. The minimum absolute atomic E-state index is 0.695. The fourth-order valence-electron chi connectivity index (χ4n) is 1.19. The highest BCUT2D eigenvalue weighted by molar-refractivity contribution is 5.28. The summed E-state index contributed by atoms with van der Waals surface area (Å²) in [6, 6.07) is 4.82. The van der Waals surface area contributed by atoms with Gasteiger partial charge >= 0.3 is 12.4 Å². The Kier molecular flexibility index (Phi) is 2.93. The molecular formula is C9H7F6N. The second-order valence-electron chi connectivity index (χ2n) is 3.17. The van der Waals surface area contributed by atoms with Crippen molar-refractivity contribution < 1.29 is 26.3 Å². The number of halogens is 6. The van der Waals surface area contributed by atoms with E-state index in [4.69, 9.17) is 0 Å². The van der Waals surface area contributed by atoms with Crippen molar-refractivity contribution in [1.82, 2.24) is 0 Å². The first-order chi connectivity index (χ1) is 7.11. The Labute approximate surface area is 86.9 Å². The van der Waals surface area contributed by atoms with E-state index in [0.29, 0.717) is 12.1 Å². The van der Waals surface area contributed by atoms with E-state index in [-0.39, 0.29) is 0 Å². The van der Waals surface area contributed by atoms with E-state index in [0.717, 1.165) is 12.1 Å². The molecule has 2 N–H and O–H groups in total. The van der Waals surface area contributed by atoms with Crippen LogP contribution in [0.2, 0.25) is 0 Å². The molecule has 0 saturated carbocycles. The van der Waals surface area contributed by atoms with Gasteiger partial charge in [-0.2, -0.15) is 26.3 Å². The molecule has 0 heterocycles. The highest BCUT2D eigenvalue weighted by atomic mass is 19.4. The predicted molar refractivity (Wildman–Crippen MR) is 44.4 cm³/mol. The molecule has 0 saturated heterocycles. The smallest absolute Gasteiger partial charge is 0.306 e. The van der Waals surface area contributed by atoms with E-state index in [1.165, 1.54) is 6.07 Å². The number of rotatable bonds is 1. The van der Waals surface area contributed by atoms with Crippen LogP contribution >= 0.6 is 0 Å². The maximum Gasteiger partial charge on any atom is 0.419 e. The lowest BCUT2D eigenvalue weighted by Crippen LogP contribution is -2.60. The lowest BCUT2D eigenvalue weighted by Gasteiger charge is -2.33. The molecule has 0 unspecified atom stereocenters. The van der Waals surface area contributed by atoms with Crippen LogP contribution in [0.25, 0.3) is 0 Å². The molecule has 1 nitrogen and oxygen atoms in total. The van der Waals surface area contributed by atoms with Gasteiger partial charge in [-0.25, -0.2) is 0 Å². The van der Waals surface area contributed by atoms with Gasteiger partial charge in [0.1, 0.15) is 0 Å². The number of alkyl halides is 6. The standard InChI is InChI=1S/C9H7F6N/c10-8(11,12)7(16,9(13,14)15)6-4-2-1-3-5-6/h1-5H,16H2. The molecule has 0 aromatic heterocycles. The zero-order valence-electron chi connectivity index (χ0n) is 7.73. The first kappa shape index (κ1) is 12.8. The highest BCUT2D eigenvalue weighted by Crippen LogP contribution is 2.47. The van der Waals surface area contributed by atoms with Crippen molar-refractivity contribution >= 4 is 0 Å². The molecule has 0 amide bonds. The Morgan fingerprint density at radius 2 is 1.12 bits per heavy atom. The Morgan fingerprint density at radius 1 is 0.750 bits per heavy atom. The van der Waals surface area contributed by atoms with Gasteiger partial charge in [0.15, 0.2) is 0 Å². The normalized spacial score (nSPS) is 13.9. The second kappa shape index (κ2) is 3.65. The summed E-state index contributed by atoms with van der Waals surface area (Å²) in [6.45, 7) is 0. The maximum absolute atomic E-state index is 12.4. The van der Waals surface area contributed by atoms with Gasteiger partial charge in [-0.15, -0.1) is 0 Å². The molecule has 0 aliphatic heterocycles. The third-order valence-corrected chi connectivity index (χ3v) is 2.12. The Balaban J connectivity index is 3.39. The van der Waals surface area contributed by atoms with Gasteiger partial charge in [-0.3, -0.25) is 0 Å². The van der Waals surface area contributed by atoms with Crippen LogP contribution in [0.1, 0.15) is 5.56 Å². The summed E-state index contributed by atoms with van der Waals surface area (Å²) in [7, 11) is 0. The van der Waals surface area contributed by atoms with Crippen LogP contribution < -0.4 is 5.73 Å². The molecular weight excluding hydrogens is 236 g/mol. The van der Waals surface area contributed by atoms with Gasteiger partial charge < -0.3 is 5.73 Å². The Hall–Kier alpha value is -1.24. The summed E-state index contributed by atoms with van der Waals surface area (Å²) in [5.41, 5.74) is -0.841. The molecule has 1 rings (SSSR count). The topological polar surface area (TPSA) is 26.0 Å².